The molecule has 108 valence electrons. The fourth-order valence-corrected chi connectivity index (χ4v) is 1.76. The predicted molar refractivity (Wildman–Crippen MR) is 87.6 cm³/mol. The Bertz CT molecular complexity index is 463. The zero-order valence-electron chi connectivity index (χ0n) is 12.9. The van der Waals surface area contributed by atoms with Gasteiger partial charge in [0.25, 0.3) is 0 Å². The van der Waals surface area contributed by atoms with E-state index in [1.54, 1.807) is 0 Å². The quantitative estimate of drug-likeness (QED) is 0.649. The van der Waals surface area contributed by atoms with Crippen LogP contribution >= 0.6 is 0 Å². The molecule has 0 bridgehead atoms. The predicted octanol–water partition coefficient (Wildman–Crippen LogP) is 5.85. The van der Waals surface area contributed by atoms with Crippen molar-refractivity contribution in [2.24, 2.45) is 0 Å². The summed E-state index contributed by atoms with van der Waals surface area (Å²) in [6.45, 7) is 9.06. The Morgan fingerprint density at radius 2 is 1.45 bits per heavy atom. The molecule has 0 aromatic heterocycles. The lowest BCUT2D eigenvalue weighted by atomic mass is 10.2. The van der Waals surface area contributed by atoms with Gasteiger partial charge in [-0.25, -0.2) is 0 Å². The fourth-order valence-electron chi connectivity index (χ4n) is 1.76. The molecule has 2 aromatic rings. The summed E-state index contributed by atoms with van der Waals surface area (Å²) in [6.07, 6.45) is 1.25. The highest BCUT2D eigenvalue weighted by Gasteiger charge is 2.11. The van der Waals surface area contributed by atoms with Crippen LogP contribution in [0, 0.1) is 0 Å². The summed E-state index contributed by atoms with van der Waals surface area (Å²) in [7, 11) is 0. The molecular weight excluding hydrogens is 246 g/mol. The Morgan fingerprint density at radius 3 is 2.15 bits per heavy atom. The van der Waals surface area contributed by atoms with Crippen LogP contribution < -0.4 is 10.1 Å². The van der Waals surface area contributed by atoms with Gasteiger partial charge in [0.2, 0.25) is 0 Å². The molecule has 0 radical (unpaired) electrons. The van der Waals surface area contributed by atoms with Crippen molar-refractivity contribution in [1.29, 1.82) is 0 Å². The molecule has 1 aliphatic heterocycles. The first kappa shape index (κ1) is 16.1. The Kier molecular flexibility index (Phi) is 7.26. The minimum Gasteiger partial charge on any atom is -0.455 e. The van der Waals surface area contributed by atoms with Crippen LogP contribution in [-0.4, -0.2) is 0 Å². The molecule has 20 heavy (non-hydrogen) atoms. The van der Waals surface area contributed by atoms with Gasteiger partial charge in [0.1, 0.15) is 5.75 Å². The molecule has 0 aliphatic carbocycles. The van der Waals surface area contributed by atoms with Gasteiger partial charge in [-0.1, -0.05) is 64.4 Å². The van der Waals surface area contributed by atoms with Crippen molar-refractivity contribution in [2.75, 3.05) is 5.32 Å². The summed E-state index contributed by atoms with van der Waals surface area (Å²) in [5.74, 6) is 1.83. The third kappa shape index (κ3) is 4.30. The zero-order chi connectivity index (χ0) is 14.8. The number of rotatable bonds is 0. The average Bonchev–Trinajstić information content (AvgIpc) is 2.69. The molecule has 0 unspecified atom stereocenters. The van der Waals surface area contributed by atoms with Gasteiger partial charge in [-0.15, -0.1) is 0 Å². The van der Waals surface area contributed by atoms with E-state index in [1.165, 1.54) is 12.0 Å². The molecular formula is C18H25NO. The summed E-state index contributed by atoms with van der Waals surface area (Å²) >= 11 is 0. The van der Waals surface area contributed by atoms with Crippen molar-refractivity contribution < 1.29 is 4.74 Å². The van der Waals surface area contributed by atoms with E-state index in [-0.39, 0.29) is 0 Å². The summed E-state index contributed by atoms with van der Waals surface area (Å²) in [5.41, 5.74) is 2.24. The van der Waals surface area contributed by atoms with E-state index in [1.807, 2.05) is 56.3 Å². The van der Waals surface area contributed by atoms with Crippen molar-refractivity contribution in [3.8, 4) is 11.5 Å². The molecule has 1 N–H and O–H groups in total. The second kappa shape index (κ2) is 9.03. The summed E-state index contributed by atoms with van der Waals surface area (Å²) in [6, 6.07) is 16.1. The second-order valence-corrected chi connectivity index (χ2v) is 4.27. The van der Waals surface area contributed by atoms with Crippen molar-refractivity contribution in [3.63, 3.8) is 0 Å². The molecule has 2 heteroatoms. The monoisotopic (exact) mass is 271 g/mol. The van der Waals surface area contributed by atoms with E-state index < -0.39 is 0 Å². The number of hydrogen-bond acceptors (Lipinski definition) is 2. The third-order valence-corrected chi connectivity index (χ3v) is 2.55. The first-order valence-electron chi connectivity index (χ1n) is 7.43. The third-order valence-electron chi connectivity index (χ3n) is 2.55. The first-order valence-corrected chi connectivity index (χ1v) is 7.43. The van der Waals surface area contributed by atoms with Crippen LogP contribution in [0.15, 0.2) is 48.5 Å². The highest BCUT2D eigenvalue weighted by Crippen LogP contribution is 2.34. The molecule has 0 amide bonds. The van der Waals surface area contributed by atoms with Crippen LogP contribution in [0.1, 0.15) is 39.7 Å². The molecule has 0 saturated carbocycles. The topological polar surface area (TPSA) is 21.3 Å². The number of hydrogen-bond donors (Lipinski definition) is 1. The fraction of sp³-hybridized carbons (Fsp3) is 0.333. The van der Waals surface area contributed by atoms with E-state index in [2.05, 4.69) is 25.2 Å². The highest BCUT2D eigenvalue weighted by atomic mass is 16.5. The van der Waals surface area contributed by atoms with Crippen LogP contribution in [0.5, 0.6) is 11.5 Å². The maximum absolute atomic E-state index is 5.84. The van der Waals surface area contributed by atoms with Crippen molar-refractivity contribution in [1.82, 2.24) is 0 Å². The first-order chi connectivity index (χ1) is 9.85. The molecule has 0 fully saturated rings. The van der Waals surface area contributed by atoms with Crippen molar-refractivity contribution in [3.05, 3.63) is 54.1 Å². The van der Waals surface area contributed by atoms with Crippen LogP contribution in [0.3, 0.4) is 0 Å². The standard InChI is InChI=1S/C13H11NO.C3H8.C2H6/c1-3-7-12-10(5-1)9-14-11-6-2-4-8-13(11)15-12;1-3-2;1-2/h1-8,14H,9H2;3H2,1-2H3;1-2H3. The molecule has 1 aliphatic rings. The number of anilines is 1. The largest absolute Gasteiger partial charge is 0.455 e. The maximum atomic E-state index is 5.84. The van der Waals surface area contributed by atoms with Crippen LogP contribution in [-0.2, 0) is 6.54 Å². The van der Waals surface area contributed by atoms with Gasteiger partial charge in [-0.2, -0.15) is 0 Å². The van der Waals surface area contributed by atoms with Crippen molar-refractivity contribution >= 4 is 5.69 Å². The van der Waals surface area contributed by atoms with Gasteiger partial charge in [0, 0.05) is 12.1 Å². The summed E-state index contributed by atoms with van der Waals surface area (Å²) in [4.78, 5) is 0. The number of nitrogens with one attached hydrogen (secondary N) is 1. The molecule has 0 atom stereocenters. The zero-order valence-corrected chi connectivity index (χ0v) is 12.9. The number of para-hydroxylation sites is 3. The number of fused-ring (bicyclic) bond motifs is 2. The van der Waals surface area contributed by atoms with Gasteiger partial charge in [-0.05, 0) is 18.2 Å². The van der Waals surface area contributed by atoms with E-state index in [4.69, 9.17) is 4.74 Å². The normalized spacial score (nSPS) is 10.8. The smallest absolute Gasteiger partial charge is 0.150 e. The number of ether oxygens (including phenoxy) is 1. The van der Waals surface area contributed by atoms with Gasteiger partial charge in [0.05, 0.1) is 5.69 Å². The van der Waals surface area contributed by atoms with E-state index in [9.17, 15) is 0 Å². The Balaban J connectivity index is 0.000000357. The second-order valence-electron chi connectivity index (χ2n) is 4.27. The van der Waals surface area contributed by atoms with Crippen molar-refractivity contribution in [2.45, 2.75) is 40.7 Å². The maximum Gasteiger partial charge on any atom is 0.150 e. The Hall–Kier alpha value is -1.96. The molecule has 2 nitrogen and oxygen atoms in total. The molecule has 2 aromatic carbocycles. The van der Waals surface area contributed by atoms with Crippen LogP contribution in [0.2, 0.25) is 0 Å². The van der Waals surface area contributed by atoms with Gasteiger partial charge < -0.3 is 10.1 Å². The number of benzene rings is 2. The Labute approximate surface area is 122 Å². The summed E-state index contributed by atoms with van der Waals surface area (Å²) < 4.78 is 5.84. The minimum atomic E-state index is 0.813. The van der Waals surface area contributed by atoms with Gasteiger partial charge >= 0.3 is 0 Å². The molecule has 0 spiro atoms. The lowest BCUT2D eigenvalue weighted by Gasteiger charge is -2.06. The lowest BCUT2D eigenvalue weighted by molar-refractivity contribution is 0.484. The molecule has 3 rings (SSSR count). The van der Waals surface area contributed by atoms with Crippen LogP contribution in [0.25, 0.3) is 0 Å². The van der Waals surface area contributed by atoms with Gasteiger partial charge in [0.15, 0.2) is 5.75 Å². The van der Waals surface area contributed by atoms with Crippen LogP contribution in [0.4, 0.5) is 5.69 Å². The molecule has 0 saturated heterocycles. The Morgan fingerprint density at radius 1 is 0.900 bits per heavy atom. The average molecular weight is 271 g/mol. The molecule has 1 heterocycles. The van der Waals surface area contributed by atoms with E-state index in [0.29, 0.717) is 0 Å². The highest BCUT2D eigenvalue weighted by molar-refractivity contribution is 5.60. The van der Waals surface area contributed by atoms with Gasteiger partial charge in [-0.3, -0.25) is 0 Å². The SMILES string of the molecule is CC.CCC.c1ccc2c(c1)CNc1ccccc1O2. The lowest BCUT2D eigenvalue weighted by Crippen LogP contribution is -1.96. The minimum absolute atomic E-state index is 0.813. The summed E-state index contributed by atoms with van der Waals surface area (Å²) in [5, 5.41) is 3.36. The van der Waals surface area contributed by atoms with E-state index >= 15 is 0 Å². The van der Waals surface area contributed by atoms with E-state index in [0.717, 1.165) is 23.7 Å².